The molecule has 0 amide bonds. The number of aromatic nitrogens is 1. The minimum absolute atomic E-state index is 0.557. The van der Waals surface area contributed by atoms with Crippen LogP contribution in [-0.2, 0) is 6.54 Å². The molecule has 1 unspecified atom stereocenters. The van der Waals surface area contributed by atoms with Gasteiger partial charge < -0.3 is 5.32 Å². The van der Waals surface area contributed by atoms with E-state index in [9.17, 15) is 0 Å². The summed E-state index contributed by atoms with van der Waals surface area (Å²) in [6.07, 6.45) is 4.42. The highest BCUT2D eigenvalue weighted by Gasteiger charge is 2.40. The number of likely N-dealkylation sites (tertiary alicyclic amines) is 1. The highest BCUT2D eigenvalue weighted by Crippen LogP contribution is 2.36. The van der Waals surface area contributed by atoms with Crippen LogP contribution in [0, 0.1) is 5.41 Å². The molecule has 1 aromatic heterocycles. The Kier molecular flexibility index (Phi) is 2.92. The lowest BCUT2D eigenvalue weighted by Crippen LogP contribution is -2.28. The van der Waals surface area contributed by atoms with Crippen molar-refractivity contribution >= 4 is 22.9 Å². The van der Waals surface area contributed by atoms with Gasteiger partial charge in [0.05, 0.1) is 12.7 Å². The molecule has 1 aromatic rings. The van der Waals surface area contributed by atoms with E-state index < -0.39 is 0 Å². The number of hydrogen-bond acceptors (Lipinski definition) is 4. The van der Waals surface area contributed by atoms with Gasteiger partial charge in [-0.15, -0.1) is 11.3 Å². The number of halogens is 1. The van der Waals surface area contributed by atoms with Crippen molar-refractivity contribution in [2.45, 2.75) is 19.4 Å². The Bertz CT molecular complexity index is 373. The van der Waals surface area contributed by atoms with Gasteiger partial charge in [0, 0.05) is 13.1 Å². The van der Waals surface area contributed by atoms with Crippen molar-refractivity contribution in [1.29, 1.82) is 0 Å². The van der Waals surface area contributed by atoms with E-state index in [0.717, 1.165) is 15.9 Å². The monoisotopic (exact) mass is 257 g/mol. The number of rotatable bonds is 2. The molecule has 3 heterocycles. The second-order valence-electron chi connectivity index (χ2n) is 4.95. The average Bonchev–Trinajstić information content (AvgIpc) is 2.94. The van der Waals surface area contributed by atoms with Gasteiger partial charge in [-0.25, -0.2) is 4.98 Å². The van der Waals surface area contributed by atoms with Gasteiger partial charge in [-0.1, -0.05) is 11.6 Å². The van der Waals surface area contributed by atoms with E-state index in [1.807, 2.05) is 0 Å². The first-order chi connectivity index (χ1) is 7.76. The van der Waals surface area contributed by atoms with Crippen molar-refractivity contribution in [3.63, 3.8) is 0 Å². The third-order valence-electron chi connectivity index (χ3n) is 3.73. The Balaban J connectivity index is 1.61. The minimum Gasteiger partial charge on any atom is -0.316 e. The molecule has 0 bridgehead atoms. The normalized spacial score (nSPS) is 30.6. The zero-order valence-corrected chi connectivity index (χ0v) is 10.8. The largest absolute Gasteiger partial charge is 0.316 e. The van der Waals surface area contributed by atoms with E-state index in [0.29, 0.717) is 5.41 Å². The maximum Gasteiger partial charge on any atom is 0.113 e. The van der Waals surface area contributed by atoms with Crippen molar-refractivity contribution in [2.75, 3.05) is 26.2 Å². The first kappa shape index (κ1) is 11.0. The standard InChI is InChI=1S/C11H16ClN3S/c12-9-5-14-10(16-9)6-15-4-2-11(8-15)1-3-13-7-11/h5,13H,1-4,6-8H2. The Morgan fingerprint density at radius 1 is 1.56 bits per heavy atom. The maximum absolute atomic E-state index is 5.89. The molecule has 0 aromatic carbocycles. The summed E-state index contributed by atoms with van der Waals surface area (Å²) in [6.45, 7) is 5.79. The molecule has 3 rings (SSSR count). The summed E-state index contributed by atoms with van der Waals surface area (Å²) in [5, 5.41) is 4.63. The van der Waals surface area contributed by atoms with Crippen LogP contribution in [0.3, 0.4) is 0 Å². The molecule has 1 spiro atoms. The molecule has 0 aliphatic carbocycles. The lowest BCUT2D eigenvalue weighted by atomic mass is 9.87. The van der Waals surface area contributed by atoms with Crippen molar-refractivity contribution < 1.29 is 0 Å². The van der Waals surface area contributed by atoms with Gasteiger partial charge in [0.25, 0.3) is 0 Å². The highest BCUT2D eigenvalue weighted by atomic mass is 35.5. The number of hydrogen-bond donors (Lipinski definition) is 1. The fourth-order valence-corrected chi connectivity index (χ4v) is 3.86. The zero-order valence-electron chi connectivity index (χ0n) is 9.21. The Hall–Kier alpha value is -0.160. The topological polar surface area (TPSA) is 28.2 Å². The van der Waals surface area contributed by atoms with Crippen LogP contribution in [0.2, 0.25) is 4.34 Å². The predicted molar refractivity (Wildman–Crippen MR) is 66.9 cm³/mol. The summed E-state index contributed by atoms with van der Waals surface area (Å²) in [5.41, 5.74) is 0.557. The van der Waals surface area contributed by atoms with Crippen molar-refractivity contribution in [1.82, 2.24) is 15.2 Å². The van der Waals surface area contributed by atoms with Crippen LogP contribution in [0.1, 0.15) is 17.8 Å². The van der Waals surface area contributed by atoms with Crippen LogP contribution in [0.15, 0.2) is 6.20 Å². The molecule has 2 fully saturated rings. The molecule has 16 heavy (non-hydrogen) atoms. The molecule has 2 aliphatic rings. The smallest absolute Gasteiger partial charge is 0.113 e. The molecule has 3 nitrogen and oxygen atoms in total. The van der Waals surface area contributed by atoms with Crippen LogP contribution in [0.4, 0.5) is 0 Å². The molecular weight excluding hydrogens is 242 g/mol. The third kappa shape index (κ3) is 2.12. The minimum atomic E-state index is 0.557. The summed E-state index contributed by atoms with van der Waals surface area (Å²) in [7, 11) is 0. The van der Waals surface area contributed by atoms with Crippen molar-refractivity contribution in [2.24, 2.45) is 5.41 Å². The van der Waals surface area contributed by atoms with Crippen LogP contribution in [0.25, 0.3) is 0 Å². The molecule has 0 radical (unpaired) electrons. The third-order valence-corrected chi connectivity index (χ3v) is 4.83. The first-order valence-electron chi connectivity index (χ1n) is 5.79. The first-order valence-corrected chi connectivity index (χ1v) is 6.99. The van der Waals surface area contributed by atoms with E-state index in [1.165, 1.54) is 39.0 Å². The average molecular weight is 258 g/mol. The predicted octanol–water partition coefficient (Wildman–Crippen LogP) is 1.98. The molecule has 0 saturated carbocycles. The molecule has 1 N–H and O–H groups in total. The van der Waals surface area contributed by atoms with Gasteiger partial charge in [0.1, 0.15) is 9.34 Å². The van der Waals surface area contributed by atoms with Gasteiger partial charge >= 0.3 is 0 Å². The van der Waals surface area contributed by atoms with Crippen LogP contribution in [-0.4, -0.2) is 36.1 Å². The summed E-state index contributed by atoms with van der Waals surface area (Å²) in [5.74, 6) is 0. The summed E-state index contributed by atoms with van der Waals surface area (Å²) in [4.78, 5) is 6.84. The van der Waals surface area contributed by atoms with Gasteiger partial charge in [-0.05, 0) is 31.3 Å². The van der Waals surface area contributed by atoms with Crippen molar-refractivity contribution in [3.8, 4) is 0 Å². The van der Waals surface area contributed by atoms with Crippen LogP contribution < -0.4 is 5.32 Å². The Morgan fingerprint density at radius 2 is 2.50 bits per heavy atom. The van der Waals surface area contributed by atoms with E-state index >= 15 is 0 Å². The van der Waals surface area contributed by atoms with E-state index in [2.05, 4.69) is 15.2 Å². The van der Waals surface area contributed by atoms with E-state index in [-0.39, 0.29) is 0 Å². The van der Waals surface area contributed by atoms with Crippen LogP contribution in [0.5, 0.6) is 0 Å². The SMILES string of the molecule is Clc1cnc(CN2CCC3(CCNC3)C2)s1. The molecule has 88 valence electrons. The maximum atomic E-state index is 5.89. The number of nitrogens with one attached hydrogen (secondary N) is 1. The summed E-state index contributed by atoms with van der Waals surface area (Å²) in [6, 6.07) is 0. The van der Waals surface area contributed by atoms with E-state index in [4.69, 9.17) is 11.6 Å². The van der Waals surface area contributed by atoms with E-state index in [1.54, 1.807) is 17.5 Å². The fraction of sp³-hybridized carbons (Fsp3) is 0.727. The molecule has 2 saturated heterocycles. The van der Waals surface area contributed by atoms with Gasteiger partial charge in [-0.3, -0.25) is 4.90 Å². The number of nitrogens with zero attached hydrogens (tertiary/aromatic N) is 2. The molecular formula is C11H16ClN3S. The molecule has 5 heteroatoms. The second kappa shape index (κ2) is 4.26. The Morgan fingerprint density at radius 3 is 3.19 bits per heavy atom. The summed E-state index contributed by atoms with van der Waals surface area (Å²) < 4.78 is 0.798. The Labute approximate surface area is 105 Å². The number of thiazole rings is 1. The van der Waals surface area contributed by atoms with Crippen LogP contribution >= 0.6 is 22.9 Å². The van der Waals surface area contributed by atoms with Crippen molar-refractivity contribution in [3.05, 3.63) is 15.5 Å². The van der Waals surface area contributed by atoms with Gasteiger partial charge in [0.15, 0.2) is 0 Å². The molecule has 1 atom stereocenters. The van der Waals surface area contributed by atoms with Gasteiger partial charge in [0.2, 0.25) is 0 Å². The highest BCUT2D eigenvalue weighted by molar-refractivity contribution is 7.15. The molecule has 2 aliphatic heterocycles. The lowest BCUT2D eigenvalue weighted by Gasteiger charge is -2.22. The zero-order chi connectivity index (χ0) is 11.0. The summed E-state index contributed by atoms with van der Waals surface area (Å²) >= 11 is 7.50. The quantitative estimate of drug-likeness (QED) is 0.878. The lowest BCUT2D eigenvalue weighted by molar-refractivity contribution is 0.268. The second-order valence-corrected chi connectivity index (χ2v) is 6.69. The van der Waals surface area contributed by atoms with Gasteiger partial charge in [-0.2, -0.15) is 0 Å². The fourth-order valence-electron chi connectivity index (χ4n) is 2.86.